The van der Waals surface area contributed by atoms with Crippen LogP contribution in [0.5, 0.6) is 0 Å². The molecular formula is C15H24N2O. The van der Waals surface area contributed by atoms with Gasteiger partial charge in [0.05, 0.1) is 12.8 Å². The second-order valence-electron chi connectivity index (χ2n) is 4.69. The molecule has 1 aliphatic rings. The van der Waals surface area contributed by atoms with Crippen LogP contribution in [-0.4, -0.2) is 36.7 Å². The zero-order valence-electron chi connectivity index (χ0n) is 11.5. The summed E-state index contributed by atoms with van der Waals surface area (Å²) in [4.78, 5) is 17.4. The highest BCUT2D eigenvalue weighted by Gasteiger charge is 2.18. The molecule has 0 spiro atoms. The Morgan fingerprint density at radius 2 is 2.17 bits per heavy atom. The summed E-state index contributed by atoms with van der Waals surface area (Å²) in [6.45, 7) is 4.52. The summed E-state index contributed by atoms with van der Waals surface area (Å²) in [6.07, 6.45) is 9.69. The quantitative estimate of drug-likeness (QED) is 0.387. The van der Waals surface area contributed by atoms with E-state index in [1.807, 2.05) is 4.90 Å². The van der Waals surface area contributed by atoms with Crippen LogP contribution < -0.4 is 0 Å². The van der Waals surface area contributed by atoms with Gasteiger partial charge in [0, 0.05) is 19.5 Å². The summed E-state index contributed by atoms with van der Waals surface area (Å²) in [6, 6.07) is 0. The maximum absolute atomic E-state index is 11.3. The number of nitrogens with zero attached hydrogens (tertiary/aromatic N) is 2. The topological polar surface area (TPSA) is 32.7 Å². The monoisotopic (exact) mass is 248 g/mol. The Hall–Kier alpha value is -1.30. The fourth-order valence-electron chi connectivity index (χ4n) is 1.97. The van der Waals surface area contributed by atoms with E-state index in [9.17, 15) is 4.79 Å². The standard InChI is InChI=1S/C15H24N2O/c1-2-3-4-5-6-11-16-12-7-8-13-17-14-9-10-15(17)18/h12H,2-6,9-11,13-14H2,1H3. The number of hydrogen-bond acceptors (Lipinski definition) is 2. The minimum atomic E-state index is 0.233. The van der Waals surface area contributed by atoms with E-state index >= 15 is 0 Å². The van der Waals surface area contributed by atoms with Crippen molar-refractivity contribution < 1.29 is 4.79 Å². The predicted molar refractivity (Wildman–Crippen MR) is 75.7 cm³/mol. The molecule has 0 saturated carbocycles. The van der Waals surface area contributed by atoms with E-state index in [2.05, 4.69) is 23.8 Å². The van der Waals surface area contributed by atoms with Crippen molar-refractivity contribution >= 4 is 12.1 Å². The first kappa shape index (κ1) is 14.8. The molecule has 3 heteroatoms. The first-order valence-corrected chi connectivity index (χ1v) is 7.09. The molecule has 1 fully saturated rings. The van der Waals surface area contributed by atoms with Crippen LogP contribution in [0.1, 0.15) is 51.9 Å². The lowest BCUT2D eigenvalue weighted by Gasteiger charge is -2.09. The summed E-state index contributed by atoms with van der Waals surface area (Å²) >= 11 is 0. The van der Waals surface area contributed by atoms with Crippen LogP contribution in [0.4, 0.5) is 0 Å². The second-order valence-corrected chi connectivity index (χ2v) is 4.69. The van der Waals surface area contributed by atoms with Gasteiger partial charge in [-0.15, -0.1) is 0 Å². The molecule has 1 amide bonds. The molecule has 0 aliphatic carbocycles. The molecule has 0 unspecified atom stereocenters. The maximum Gasteiger partial charge on any atom is 0.223 e. The zero-order valence-corrected chi connectivity index (χ0v) is 11.5. The molecule has 18 heavy (non-hydrogen) atoms. The Morgan fingerprint density at radius 3 is 2.89 bits per heavy atom. The van der Waals surface area contributed by atoms with Gasteiger partial charge >= 0.3 is 0 Å². The Bertz CT molecular complexity index is 325. The highest BCUT2D eigenvalue weighted by atomic mass is 16.2. The molecule has 0 aromatic carbocycles. The molecule has 0 N–H and O–H groups in total. The average molecular weight is 248 g/mol. The van der Waals surface area contributed by atoms with Gasteiger partial charge in [0.15, 0.2) is 0 Å². The van der Waals surface area contributed by atoms with Crippen molar-refractivity contribution in [1.82, 2.24) is 4.90 Å². The van der Waals surface area contributed by atoms with Gasteiger partial charge in [0.1, 0.15) is 0 Å². The molecular weight excluding hydrogens is 224 g/mol. The van der Waals surface area contributed by atoms with Crippen LogP contribution in [0, 0.1) is 11.8 Å². The summed E-state index contributed by atoms with van der Waals surface area (Å²) in [5.74, 6) is 6.11. The van der Waals surface area contributed by atoms with Crippen LogP contribution in [0.3, 0.4) is 0 Å². The Morgan fingerprint density at radius 1 is 1.33 bits per heavy atom. The molecule has 0 bridgehead atoms. The van der Waals surface area contributed by atoms with Crippen molar-refractivity contribution in [3.63, 3.8) is 0 Å². The minimum absolute atomic E-state index is 0.233. The lowest BCUT2D eigenvalue weighted by molar-refractivity contribution is -0.127. The van der Waals surface area contributed by atoms with Gasteiger partial charge in [0.2, 0.25) is 5.91 Å². The van der Waals surface area contributed by atoms with Crippen molar-refractivity contribution in [1.29, 1.82) is 0 Å². The van der Waals surface area contributed by atoms with Gasteiger partial charge in [-0.05, 0) is 12.8 Å². The largest absolute Gasteiger partial charge is 0.332 e. The van der Waals surface area contributed by atoms with Gasteiger partial charge in [0.25, 0.3) is 0 Å². The van der Waals surface area contributed by atoms with Crippen molar-refractivity contribution in [3.05, 3.63) is 0 Å². The van der Waals surface area contributed by atoms with Crippen molar-refractivity contribution in [3.8, 4) is 11.8 Å². The van der Waals surface area contributed by atoms with Crippen LogP contribution in [0.25, 0.3) is 0 Å². The molecule has 0 aromatic rings. The highest BCUT2D eigenvalue weighted by Crippen LogP contribution is 2.07. The van der Waals surface area contributed by atoms with Crippen molar-refractivity contribution in [2.24, 2.45) is 4.99 Å². The first-order chi connectivity index (χ1) is 8.84. The zero-order chi connectivity index (χ0) is 13.1. The van der Waals surface area contributed by atoms with Gasteiger partial charge in [-0.1, -0.05) is 44.4 Å². The number of aliphatic imine (C=N–C) groups is 1. The lowest BCUT2D eigenvalue weighted by Crippen LogP contribution is -2.24. The highest BCUT2D eigenvalue weighted by molar-refractivity contribution is 5.80. The number of hydrogen-bond donors (Lipinski definition) is 0. The lowest BCUT2D eigenvalue weighted by atomic mass is 10.2. The molecule has 1 rings (SSSR count). The van der Waals surface area contributed by atoms with Gasteiger partial charge in [-0.3, -0.25) is 9.79 Å². The summed E-state index contributed by atoms with van der Waals surface area (Å²) in [5.41, 5.74) is 0. The fraction of sp³-hybridized carbons (Fsp3) is 0.733. The fourth-order valence-corrected chi connectivity index (χ4v) is 1.97. The average Bonchev–Trinajstić information content (AvgIpc) is 2.77. The number of amides is 1. The number of unbranched alkanes of at least 4 members (excludes halogenated alkanes) is 4. The molecule has 0 radical (unpaired) electrons. The Kier molecular flexibility index (Phi) is 7.96. The smallest absolute Gasteiger partial charge is 0.223 e. The number of carbonyl (C=O) groups excluding carboxylic acids is 1. The first-order valence-electron chi connectivity index (χ1n) is 7.09. The third kappa shape index (κ3) is 6.44. The molecule has 100 valence electrons. The summed E-state index contributed by atoms with van der Waals surface area (Å²) < 4.78 is 0. The van der Waals surface area contributed by atoms with Crippen LogP contribution in [-0.2, 0) is 4.79 Å². The van der Waals surface area contributed by atoms with Gasteiger partial charge < -0.3 is 4.90 Å². The van der Waals surface area contributed by atoms with Gasteiger partial charge in [-0.2, -0.15) is 0 Å². The van der Waals surface area contributed by atoms with E-state index in [4.69, 9.17) is 0 Å². The minimum Gasteiger partial charge on any atom is -0.332 e. The van der Waals surface area contributed by atoms with E-state index in [-0.39, 0.29) is 5.91 Å². The van der Waals surface area contributed by atoms with Crippen LogP contribution >= 0.6 is 0 Å². The molecule has 1 saturated heterocycles. The number of carbonyl (C=O) groups is 1. The second kappa shape index (κ2) is 9.70. The van der Waals surface area contributed by atoms with Crippen molar-refractivity contribution in [2.75, 3.05) is 19.6 Å². The number of rotatable bonds is 7. The third-order valence-corrected chi connectivity index (χ3v) is 3.09. The predicted octanol–water partition coefficient (Wildman–Crippen LogP) is 2.65. The van der Waals surface area contributed by atoms with Crippen molar-refractivity contribution in [2.45, 2.75) is 51.9 Å². The van der Waals surface area contributed by atoms with E-state index < -0.39 is 0 Å². The molecule has 1 heterocycles. The van der Waals surface area contributed by atoms with E-state index in [1.165, 1.54) is 25.7 Å². The van der Waals surface area contributed by atoms with Crippen LogP contribution in [0.2, 0.25) is 0 Å². The molecule has 1 aliphatic heterocycles. The van der Waals surface area contributed by atoms with Gasteiger partial charge in [-0.25, -0.2) is 0 Å². The van der Waals surface area contributed by atoms with E-state index in [0.29, 0.717) is 13.0 Å². The van der Waals surface area contributed by atoms with Crippen LogP contribution in [0.15, 0.2) is 4.99 Å². The normalized spacial score (nSPS) is 15.2. The number of likely N-dealkylation sites (tertiary alicyclic amines) is 1. The Labute approximate surface area is 111 Å². The third-order valence-electron chi connectivity index (χ3n) is 3.09. The van der Waals surface area contributed by atoms with E-state index in [1.54, 1.807) is 6.21 Å². The summed E-state index contributed by atoms with van der Waals surface area (Å²) in [7, 11) is 0. The molecule has 3 nitrogen and oxygen atoms in total. The summed E-state index contributed by atoms with van der Waals surface area (Å²) in [5, 5.41) is 0. The maximum atomic E-state index is 11.3. The molecule has 0 aromatic heterocycles. The SMILES string of the molecule is CCCCCCCN=CC#CCN1CCCC1=O. The van der Waals surface area contributed by atoms with E-state index in [0.717, 1.165) is 25.9 Å². The Balaban J connectivity index is 2.00. The molecule has 0 atom stereocenters.